The maximum atomic E-state index is 14.1. The third kappa shape index (κ3) is 8.37. The van der Waals surface area contributed by atoms with Crippen LogP contribution in [0.4, 0.5) is 0 Å². The smallest absolute Gasteiger partial charge is 0.309 e. The van der Waals surface area contributed by atoms with Gasteiger partial charge >= 0.3 is 5.97 Å². The molecule has 0 bridgehead atoms. The van der Waals surface area contributed by atoms with E-state index in [-0.39, 0.29) is 23.1 Å². The zero-order valence-corrected chi connectivity index (χ0v) is 25.7. The van der Waals surface area contributed by atoms with E-state index in [9.17, 15) is 9.59 Å². The van der Waals surface area contributed by atoms with Crippen molar-refractivity contribution in [3.63, 3.8) is 0 Å². The van der Waals surface area contributed by atoms with Crippen LogP contribution in [0.3, 0.4) is 0 Å². The molecule has 0 radical (unpaired) electrons. The number of halogens is 2. The number of rotatable bonds is 8. The van der Waals surface area contributed by atoms with Crippen molar-refractivity contribution in [2.45, 2.75) is 95.9 Å². The predicted molar refractivity (Wildman–Crippen MR) is 155 cm³/mol. The molecule has 5 nitrogen and oxygen atoms in total. The van der Waals surface area contributed by atoms with Crippen LogP contribution in [0.2, 0.25) is 9.36 Å². The molecule has 2 aromatic rings. The van der Waals surface area contributed by atoms with Gasteiger partial charge in [-0.3, -0.25) is 9.59 Å². The van der Waals surface area contributed by atoms with Gasteiger partial charge in [0.05, 0.1) is 16.8 Å². The Morgan fingerprint density at radius 3 is 2.41 bits per heavy atom. The third-order valence-corrected chi connectivity index (χ3v) is 8.79. The molecule has 1 unspecified atom stereocenters. The number of carbonyl (C=O) groups excluding carboxylic acids is 2. The van der Waals surface area contributed by atoms with E-state index in [2.05, 4.69) is 27.7 Å². The maximum Gasteiger partial charge on any atom is 0.309 e. The number of carbonyl (C=O) groups is 2. The SMILES string of the molecule is CCC(CSC(C)(C)C)N1C(=O)[C@H](CC(=O)OC(C)(C)C)O[C@H](c2cccc(Cl)c2)[C@H]1c1ccc(Cl)s1. The molecule has 1 aromatic heterocycles. The van der Waals surface area contributed by atoms with Crippen molar-refractivity contribution in [3.05, 3.63) is 56.2 Å². The second kappa shape index (κ2) is 12.3. The highest BCUT2D eigenvalue weighted by Gasteiger charge is 2.48. The van der Waals surface area contributed by atoms with Crippen LogP contribution in [0.25, 0.3) is 0 Å². The molecule has 9 heteroatoms. The Labute approximate surface area is 239 Å². The van der Waals surface area contributed by atoms with Gasteiger partial charge in [0.2, 0.25) is 0 Å². The van der Waals surface area contributed by atoms with Crippen LogP contribution in [0, 0.1) is 0 Å². The minimum atomic E-state index is -0.973. The summed E-state index contributed by atoms with van der Waals surface area (Å²) >= 11 is 16.0. The number of hydrogen-bond donors (Lipinski definition) is 0. The first-order chi connectivity index (χ1) is 17.2. The van der Waals surface area contributed by atoms with E-state index >= 15 is 0 Å². The quantitative estimate of drug-likeness (QED) is 0.293. The van der Waals surface area contributed by atoms with Crippen LogP contribution >= 0.6 is 46.3 Å². The first-order valence-corrected chi connectivity index (χ1v) is 15.1. The predicted octanol–water partition coefficient (Wildman–Crippen LogP) is 8.11. The lowest BCUT2D eigenvalue weighted by Crippen LogP contribution is -2.56. The zero-order valence-electron chi connectivity index (χ0n) is 22.5. The van der Waals surface area contributed by atoms with E-state index < -0.39 is 29.8 Å². The van der Waals surface area contributed by atoms with Gasteiger partial charge in [0.25, 0.3) is 5.91 Å². The van der Waals surface area contributed by atoms with Crippen molar-refractivity contribution in [1.82, 2.24) is 4.90 Å². The van der Waals surface area contributed by atoms with Crippen molar-refractivity contribution >= 4 is 58.2 Å². The Morgan fingerprint density at radius 1 is 1.16 bits per heavy atom. The number of thioether (sulfide) groups is 1. The van der Waals surface area contributed by atoms with Gasteiger partial charge in [-0.2, -0.15) is 11.8 Å². The second-order valence-electron chi connectivity index (χ2n) is 11.2. The van der Waals surface area contributed by atoms with E-state index in [4.69, 9.17) is 32.7 Å². The first kappa shape index (κ1) is 30.3. The molecule has 3 rings (SSSR count). The zero-order chi connectivity index (χ0) is 27.5. The van der Waals surface area contributed by atoms with Gasteiger partial charge in [-0.15, -0.1) is 11.3 Å². The fourth-order valence-corrected chi connectivity index (χ4v) is 6.77. The number of morpholine rings is 1. The van der Waals surface area contributed by atoms with Gasteiger partial charge in [-0.1, -0.05) is 63.0 Å². The van der Waals surface area contributed by atoms with Crippen molar-refractivity contribution in [2.24, 2.45) is 0 Å². The van der Waals surface area contributed by atoms with Crippen LogP contribution in [-0.2, 0) is 19.1 Å². The molecule has 1 aromatic carbocycles. The Bertz CT molecular complexity index is 1090. The molecule has 37 heavy (non-hydrogen) atoms. The summed E-state index contributed by atoms with van der Waals surface area (Å²) in [6.45, 7) is 14.0. The molecule has 0 spiro atoms. The molecule has 2 heterocycles. The van der Waals surface area contributed by atoms with Crippen LogP contribution in [0.1, 0.15) is 83.9 Å². The van der Waals surface area contributed by atoms with Gasteiger partial charge in [0.15, 0.2) is 0 Å². The number of hydrogen-bond acceptors (Lipinski definition) is 6. The molecular weight excluding hydrogens is 549 g/mol. The fourth-order valence-electron chi connectivity index (χ4n) is 4.29. The normalized spacial score (nSPS) is 21.7. The van der Waals surface area contributed by atoms with Gasteiger partial charge < -0.3 is 14.4 Å². The molecule has 1 saturated heterocycles. The molecule has 204 valence electrons. The molecule has 0 saturated carbocycles. The highest BCUT2D eigenvalue weighted by molar-refractivity contribution is 8.00. The molecular formula is C28H37Cl2NO4S2. The van der Waals surface area contributed by atoms with Gasteiger partial charge in [-0.05, 0) is 57.0 Å². The minimum absolute atomic E-state index is 0.0345. The summed E-state index contributed by atoms with van der Waals surface area (Å²) in [6, 6.07) is 10.8. The summed E-state index contributed by atoms with van der Waals surface area (Å²) < 4.78 is 12.7. The van der Waals surface area contributed by atoms with E-state index in [0.717, 1.165) is 22.6 Å². The average molecular weight is 587 g/mol. The number of amides is 1. The van der Waals surface area contributed by atoms with Crippen LogP contribution in [0.5, 0.6) is 0 Å². The number of benzene rings is 1. The highest BCUT2D eigenvalue weighted by atomic mass is 35.5. The Hall–Kier alpha value is -1.25. The summed E-state index contributed by atoms with van der Waals surface area (Å²) in [7, 11) is 0. The Kier molecular flexibility index (Phi) is 10.1. The Balaban J connectivity index is 2.09. The first-order valence-electron chi connectivity index (χ1n) is 12.5. The van der Waals surface area contributed by atoms with Crippen LogP contribution in [0.15, 0.2) is 36.4 Å². The molecule has 1 fully saturated rings. The van der Waals surface area contributed by atoms with Gasteiger partial charge in [-0.25, -0.2) is 0 Å². The van der Waals surface area contributed by atoms with E-state index in [1.165, 1.54) is 11.3 Å². The molecule has 1 amide bonds. The largest absolute Gasteiger partial charge is 0.460 e. The molecule has 1 aliphatic rings. The Morgan fingerprint density at radius 2 is 1.86 bits per heavy atom. The van der Waals surface area contributed by atoms with Crippen molar-refractivity contribution < 1.29 is 19.1 Å². The number of ether oxygens (including phenoxy) is 2. The summed E-state index contributed by atoms with van der Waals surface area (Å²) in [5, 5.41) is 0.575. The fraction of sp³-hybridized carbons (Fsp3) is 0.571. The van der Waals surface area contributed by atoms with Gasteiger partial charge in [0.1, 0.15) is 17.8 Å². The lowest BCUT2D eigenvalue weighted by atomic mass is 9.93. The molecule has 4 atom stereocenters. The van der Waals surface area contributed by atoms with Crippen LogP contribution < -0.4 is 0 Å². The maximum absolute atomic E-state index is 14.1. The van der Waals surface area contributed by atoms with Crippen LogP contribution in [-0.4, -0.2) is 45.0 Å². The molecule has 0 aliphatic carbocycles. The van der Waals surface area contributed by atoms with Gasteiger partial charge in [0, 0.05) is 26.4 Å². The van der Waals surface area contributed by atoms with E-state index in [0.29, 0.717) is 9.36 Å². The van der Waals surface area contributed by atoms with Crippen molar-refractivity contribution in [3.8, 4) is 0 Å². The summed E-state index contributed by atoms with van der Waals surface area (Å²) in [6.07, 6.45) is -0.914. The lowest BCUT2D eigenvalue weighted by molar-refractivity contribution is -0.185. The van der Waals surface area contributed by atoms with Crippen molar-refractivity contribution in [2.75, 3.05) is 5.75 Å². The molecule has 0 N–H and O–H groups in total. The molecule has 1 aliphatic heterocycles. The summed E-state index contributed by atoms with van der Waals surface area (Å²) in [5.41, 5.74) is 0.180. The van der Waals surface area contributed by atoms with E-state index in [1.807, 2.05) is 67.8 Å². The second-order valence-corrected chi connectivity index (χ2v) is 15.2. The van der Waals surface area contributed by atoms with E-state index in [1.54, 1.807) is 6.07 Å². The number of nitrogens with zero attached hydrogens (tertiary/aromatic N) is 1. The number of thiophene rings is 1. The average Bonchev–Trinajstić information content (AvgIpc) is 3.20. The minimum Gasteiger partial charge on any atom is -0.460 e. The highest BCUT2D eigenvalue weighted by Crippen LogP contribution is 2.47. The lowest BCUT2D eigenvalue weighted by Gasteiger charge is -2.47. The summed E-state index contributed by atoms with van der Waals surface area (Å²) in [5.74, 6) is 0.0772. The topological polar surface area (TPSA) is 55.8 Å². The monoisotopic (exact) mass is 585 g/mol. The van der Waals surface area contributed by atoms with Crippen molar-refractivity contribution in [1.29, 1.82) is 0 Å². The number of esters is 1. The third-order valence-electron chi connectivity index (χ3n) is 5.84. The summed E-state index contributed by atoms with van der Waals surface area (Å²) in [4.78, 5) is 29.8. The standard InChI is InChI=1S/C28H37Cl2NO4S2/c1-8-19(16-36-28(5,6)7)31-24(21-12-13-22(30)37-21)25(17-10-9-11-18(29)14-17)34-20(26(31)33)15-23(32)35-27(2,3)4/h9-14,19-20,24-25H,8,15-16H2,1-7H3/t19?,20-,24+,25+/m0/s1.